The molecule has 0 aliphatic carbocycles. The second kappa shape index (κ2) is 7.61. The van der Waals surface area contributed by atoms with E-state index in [1.54, 1.807) is 37.6 Å². The molecule has 2 heterocycles. The highest BCUT2D eigenvalue weighted by Crippen LogP contribution is 2.18. The number of benzene rings is 1. The number of hydrogen-bond donors (Lipinski definition) is 0. The van der Waals surface area contributed by atoms with Crippen molar-refractivity contribution < 1.29 is 13.9 Å². The third-order valence-corrected chi connectivity index (χ3v) is 4.48. The fourth-order valence-electron chi connectivity index (χ4n) is 3.13. The number of piperazine rings is 1. The van der Waals surface area contributed by atoms with E-state index in [1.807, 2.05) is 11.8 Å². The van der Waals surface area contributed by atoms with Crippen LogP contribution in [0.5, 0.6) is 5.75 Å². The first-order chi connectivity index (χ1) is 12.1. The van der Waals surface area contributed by atoms with Gasteiger partial charge in [0, 0.05) is 44.5 Å². The molecule has 0 bridgehead atoms. The van der Waals surface area contributed by atoms with Crippen LogP contribution in [0.1, 0.15) is 23.0 Å². The molecule has 0 saturated carbocycles. The van der Waals surface area contributed by atoms with Crippen LogP contribution in [0.2, 0.25) is 0 Å². The third kappa shape index (κ3) is 4.14. The Kier molecular flexibility index (Phi) is 5.28. The Bertz CT molecular complexity index is 736. The monoisotopic (exact) mass is 343 g/mol. The van der Waals surface area contributed by atoms with Crippen molar-refractivity contribution in [1.82, 2.24) is 14.8 Å². The minimum atomic E-state index is -0.224. The maximum absolute atomic E-state index is 13.0. The lowest BCUT2D eigenvalue weighted by molar-refractivity contribution is 0.0469. The van der Waals surface area contributed by atoms with Crippen LogP contribution in [0.4, 0.5) is 4.39 Å². The quantitative estimate of drug-likeness (QED) is 0.856. The van der Waals surface area contributed by atoms with E-state index in [0.29, 0.717) is 18.0 Å². The van der Waals surface area contributed by atoms with Crippen LogP contribution in [0, 0.1) is 5.82 Å². The van der Waals surface area contributed by atoms with Gasteiger partial charge in [0.25, 0.3) is 5.91 Å². The van der Waals surface area contributed by atoms with Crippen molar-refractivity contribution in [2.24, 2.45) is 0 Å². The van der Waals surface area contributed by atoms with Gasteiger partial charge in [-0.15, -0.1) is 0 Å². The summed E-state index contributed by atoms with van der Waals surface area (Å²) >= 11 is 0. The fourth-order valence-corrected chi connectivity index (χ4v) is 3.13. The molecule has 1 saturated heterocycles. The molecule has 5 nitrogen and oxygen atoms in total. The van der Waals surface area contributed by atoms with Crippen LogP contribution in [0.25, 0.3) is 0 Å². The number of carbonyl (C=O) groups is 1. The maximum atomic E-state index is 13.0. The van der Waals surface area contributed by atoms with E-state index in [0.717, 1.165) is 25.2 Å². The number of amides is 1. The molecule has 1 fully saturated rings. The van der Waals surface area contributed by atoms with E-state index in [4.69, 9.17) is 4.74 Å². The van der Waals surface area contributed by atoms with Gasteiger partial charge in [-0.2, -0.15) is 0 Å². The van der Waals surface area contributed by atoms with E-state index in [9.17, 15) is 9.18 Å². The number of halogens is 1. The number of hydrogen-bond acceptors (Lipinski definition) is 4. The largest absolute Gasteiger partial charge is 0.497 e. The normalized spacial score (nSPS) is 18.2. The Morgan fingerprint density at radius 1 is 1.28 bits per heavy atom. The number of methoxy groups -OCH3 is 1. The Morgan fingerprint density at radius 2 is 2.04 bits per heavy atom. The summed E-state index contributed by atoms with van der Waals surface area (Å²) in [6.45, 7) is 4.98. The van der Waals surface area contributed by atoms with Crippen LogP contribution in [0.3, 0.4) is 0 Å². The molecular formula is C19H22FN3O2. The van der Waals surface area contributed by atoms with Crippen molar-refractivity contribution in [3.05, 3.63) is 59.7 Å². The van der Waals surface area contributed by atoms with Crippen molar-refractivity contribution in [2.75, 3.05) is 26.7 Å². The zero-order valence-corrected chi connectivity index (χ0v) is 14.5. The smallest absolute Gasteiger partial charge is 0.272 e. The molecule has 1 aliphatic rings. The van der Waals surface area contributed by atoms with Crippen LogP contribution < -0.4 is 4.74 Å². The average Bonchev–Trinajstić information content (AvgIpc) is 2.63. The van der Waals surface area contributed by atoms with Crippen molar-refractivity contribution in [2.45, 2.75) is 19.5 Å². The van der Waals surface area contributed by atoms with Gasteiger partial charge in [0.05, 0.1) is 7.11 Å². The molecule has 1 aromatic carbocycles. The minimum Gasteiger partial charge on any atom is -0.497 e. The Morgan fingerprint density at radius 3 is 2.72 bits per heavy atom. The molecule has 0 spiro atoms. The molecule has 2 aromatic rings. The lowest BCUT2D eigenvalue weighted by Gasteiger charge is -2.39. The SMILES string of the molecule is COc1ccnc(C(=O)N2CCN(Cc3ccc(F)cc3)C[C@@H]2C)c1. The summed E-state index contributed by atoms with van der Waals surface area (Å²) in [5.74, 6) is 0.326. The highest BCUT2D eigenvalue weighted by molar-refractivity contribution is 5.93. The molecule has 132 valence electrons. The summed E-state index contributed by atoms with van der Waals surface area (Å²) in [7, 11) is 1.57. The van der Waals surface area contributed by atoms with E-state index in [2.05, 4.69) is 9.88 Å². The molecule has 0 radical (unpaired) electrons. The molecule has 25 heavy (non-hydrogen) atoms. The van der Waals surface area contributed by atoms with Crippen LogP contribution in [-0.2, 0) is 6.54 Å². The topological polar surface area (TPSA) is 45.7 Å². The number of ether oxygens (including phenoxy) is 1. The predicted molar refractivity (Wildman–Crippen MR) is 93.0 cm³/mol. The number of nitrogens with zero attached hydrogens (tertiary/aromatic N) is 3. The molecule has 6 heteroatoms. The Hall–Kier alpha value is -2.47. The van der Waals surface area contributed by atoms with E-state index < -0.39 is 0 Å². The number of rotatable bonds is 4. The van der Waals surface area contributed by atoms with Gasteiger partial charge >= 0.3 is 0 Å². The Labute approximate surface area is 147 Å². The van der Waals surface area contributed by atoms with Gasteiger partial charge < -0.3 is 9.64 Å². The van der Waals surface area contributed by atoms with Crippen LogP contribution >= 0.6 is 0 Å². The standard InChI is InChI=1S/C19H22FN3O2/c1-14-12-22(13-15-3-5-16(20)6-4-15)9-10-23(14)19(24)18-11-17(25-2)7-8-21-18/h3-8,11,14H,9-10,12-13H2,1-2H3/t14-/m0/s1. The van der Waals surface area contributed by atoms with Gasteiger partial charge in [-0.3, -0.25) is 14.7 Å². The Balaban J connectivity index is 1.63. The molecular weight excluding hydrogens is 321 g/mol. The molecule has 1 aromatic heterocycles. The van der Waals surface area contributed by atoms with Crippen molar-refractivity contribution in [3.63, 3.8) is 0 Å². The summed E-state index contributed by atoms with van der Waals surface area (Å²) in [4.78, 5) is 21.0. The van der Waals surface area contributed by atoms with Crippen LogP contribution in [-0.4, -0.2) is 53.5 Å². The molecule has 0 N–H and O–H groups in total. The van der Waals surface area contributed by atoms with Gasteiger partial charge in [0.2, 0.25) is 0 Å². The highest BCUT2D eigenvalue weighted by Gasteiger charge is 2.28. The van der Waals surface area contributed by atoms with Gasteiger partial charge in [0.1, 0.15) is 17.3 Å². The molecule has 1 amide bonds. The molecule has 3 rings (SSSR count). The first-order valence-electron chi connectivity index (χ1n) is 8.34. The van der Waals surface area contributed by atoms with Crippen LogP contribution in [0.15, 0.2) is 42.6 Å². The number of pyridine rings is 1. The maximum Gasteiger partial charge on any atom is 0.272 e. The molecule has 1 aliphatic heterocycles. The third-order valence-electron chi connectivity index (χ3n) is 4.48. The first kappa shape index (κ1) is 17.4. The minimum absolute atomic E-state index is 0.0761. The molecule has 1 atom stereocenters. The lowest BCUT2D eigenvalue weighted by Crippen LogP contribution is -2.53. The number of carbonyl (C=O) groups excluding carboxylic acids is 1. The average molecular weight is 343 g/mol. The van der Waals surface area contributed by atoms with E-state index >= 15 is 0 Å². The fraction of sp³-hybridized carbons (Fsp3) is 0.368. The summed E-state index contributed by atoms with van der Waals surface area (Å²) < 4.78 is 18.2. The number of aromatic nitrogens is 1. The summed E-state index contributed by atoms with van der Waals surface area (Å²) in [6, 6.07) is 10.0. The zero-order valence-electron chi connectivity index (χ0n) is 14.5. The lowest BCUT2D eigenvalue weighted by atomic mass is 10.1. The van der Waals surface area contributed by atoms with Gasteiger partial charge in [-0.1, -0.05) is 12.1 Å². The zero-order chi connectivity index (χ0) is 17.8. The summed E-state index contributed by atoms with van der Waals surface area (Å²) in [5, 5.41) is 0. The van der Waals surface area contributed by atoms with Crippen molar-refractivity contribution >= 4 is 5.91 Å². The predicted octanol–water partition coefficient (Wildman–Crippen LogP) is 2.58. The first-order valence-corrected chi connectivity index (χ1v) is 8.34. The second-order valence-corrected chi connectivity index (χ2v) is 6.29. The highest BCUT2D eigenvalue weighted by atomic mass is 19.1. The van der Waals surface area contributed by atoms with Crippen molar-refractivity contribution in [1.29, 1.82) is 0 Å². The second-order valence-electron chi connectivity index (χ2n) is 6.29. The van der Waals surface area contributed by atoms with Crippen molar-refractivity contribution in [3.8, 4) is 5.75 Å². The van der Waals surface area contributed by atoms with Gasteiger partial charge in [0.15, 0.2) is 0 Å². The van der Waals surface area contributed by atoms with Gasteiger partial charge in [-0.05, 0) is 30.7 Å². The molecule has 0 unspecified atom stereocenters. The van der Waals surface area contributed by atoms with E-state index in [1.165, 1.54) is 12.1 Å². The summed E-state index contributed by atoms with van der Waals surface area (Å²) in [5.41, 5.74) is 1.47. The van der Waals surface area contributed by atoms with Gasteiger partial charge in [-0.25, -0.2) is 4.39 Å². The summed E-state index contributed by atoms with van der Waals surface area (Å²) in [6.07, 6.45) is 1.58. The van der Waals surface area contributed by atoms with E-state index in [-0.39, 0.29) is 17.8 Å².